The van der Waals surface area contributed by atoms with E-state index in [4.69, 9.17) is 5.73 Å². The quantitative estimate of drug-likeness (QED) is 0.662. The van der Waals surface area contributed by atoms with Crippen molar-refractivity contribution in [3.8, 4) is 0 Å². The number of nitrogens with one attached hydrogen (secondary N) is 1. The van der Waals surface area contributed by atoms with Crippen LogP contribution in [0.3, 0.4) is 0 Å². The Labute approximate surface area is 157 Å². The van der Waals surface area contributed by atoms with Gasteiger partial charge in [0, 0.05) is 31.4 Å². The third kappa shape index (κ3) is 7.14. The van der Waals surface area contributed by atoms with E-state index < -0.39 is 11.8 Å². The Hall–Kier alpha value is -1.92. The van der Waals surface area contributed by atoms with E-state index in [-0.39, 0.29) is 6.04 Å². The Morgan fingerprint density at radius 1 is 1.04 bits per heavy atom. The molecule has 0 fully saturated rings. The van der Waals surface area contributed by atoms with Gasteiger partial charge in [0.1, 0.15) is 0 Å². The highest BCUT2D eigenvalue weighted by Gasteiger charge is 2.23. The number of anilines is 1. The van der Waals surface area contributed by atoms with Crippen molar-refractivity contribution in [2.24, 2.45) is 11.7 Å². The lowest BCUT2D eigenvalue weighted by molar-refractivity contribution is -0.143. The second-order valence-electron chi connectivity index (χ2n) is 7.04. The highest BCUT2D eigenvalue weighted by atomic mass is 16.2. The van der Waals surface area contributed by atoms with Crippen molar-refractivity contribution in [2.45, 2.75) is 40.7 Å². The van der Waals surface area contributed by atoms with Crippen LogP contribution in [0.15, 0.2) is 24.3 Å². The number of carbonyl (C=O) groups excluding carboxylic acids is 2. The van der Waals surface area contributed by atoms with Crippen LogP contribution in [-0.2, 0) is 9.59 Å². The molecule has 6 nitrogen and oxygen atoms in total. The molecule has 1 rings (SSSR count). The van der Waals surface area contributed by atoms with Gasteiger partial charge in [-0.3, -0.25) is 9.59 Å². The third-order valence-corrected chi connectivity index (χ3v) is 4.34. The Bertz CT molecular complexity index is 566. The van der Waals surface area contributed by atoms with Gasteiger partial charge >= 0.3 is 11.8 Å². The van der Waals surface area contributed by atoms with E-state index in [0.29, 0.717) is 24.7 Å². The van der Waals surface area contributed by atoms with Crippen LogP contribution in [0.25, 0.3) is 0 Å². The third-order valence-electron chi connectivity index (χ3n) is 4.34. The maximum atomic E-state index is 12.6. The first-order valence-electron chi connectivity index (χ1n) is 9.46. The van der Waals surface area contributed by atoms with Crippen LogP contribution < -0.4 is 11.1 Å². The van der Waals surface area contributed by atoms with Crippen molar-refractivity contribution in [1.29, 1.82) is 0 Å². The Balaban J connectivity index is 2.73. The van der Waals surface area contributed by atoms with Gasteiger partial charge in [0.15, 0.2) is 0 Å². The zero-order chi connectivity index (χ0) is 19.7. The lowest BCUT2D eigenvalue weighted by atomic mass is 10.1. The second-order valence-corrected chi connectivity index (χ2v) is 7.04. The summed E-state index contributed by atoms with van der Waals surface area (Å²) >= 11 is 0. The summed E-state index contributed by atoms with van der Waals surface area (Å²) in [6, 6.07) is 7.19. The molecule has 0 aliphatic heterocycles. The molecule has 0 aromatic heterocycles. The summed E-state index contributed by atoms with van der Waals surface area (Å²) in [6.45, 7) is 13.9. The molecule has 146 valence electrons. The van der Waals surface area contributed by atoms with Gasteiger partial charge < -0.3 is 20.9 Å². The molecule has 0 spiro atoms. The lowest BCUT2D eigenvalue weighted by Crippen LogP contribution is -2.45. The predicted molar refractivity (Wildman–Crippen MR) is 107 cm³/mol. The molecule has 0 saturated heterocycles. The minimum absolute atomic E-state index is 0.0667. The van der Waals surface area contributed by atoms with Gasteiger partial charge in [-0.2, -0.15) is 0 Å². The van der Waals surface area contributed by atoms with Gasteiger partial charge in [-0.25, -0.2) is 0 Å². The van der Waals surface area contributed by atoms with Crippen molar-refractivity contribution in [1.82, 2.24) is 9.80 Å². The van der Waals surface area contributed by atoms with Crippen molar-refractivity contribution in [3.05, 3.63) is 29.8 Å². The van der Waals surface area contributed by atoms with Gasteiger partial charge in [0.2, 0.25) is 0 Å². The molecule has 1 unspecified atom stereocenters. The smallest absolute Gasteiger partial charge is 0.313 e. The van der Waals surface area contributed by atoms with E-state index in [2.05, 4.69) is 24.1 Å². The summed E-state index contributed by atoms with van der Waals surface area (Å²) in [7, 11) is 0. The number of likely N-dealkylation sites (N-methyl/N-ethyl adjacent to an activating group) is 1. The summed E-state index contributed by atoms with van der Waals surface area (Å²) in [6.07, 6.45) is 0. The second kappa shape index (κ2) is 10.9. The Morgan fingerprint density at radius 3 is 2.08 bits per heavy atom. The lowest BCUT2D eigenvalue weighted by Gasteiger charge is -2.27. The Morgan fingerprint density at radius 2 is 1.62 bits per heavy atom. The van der Waals surface area contributed by atoms with E-state index >= 15 is 0 Å². The van der Waals surface area contributed by atoms with Crippen molar-refractivity contribution in [2.75, 3.05) is 38.0 Å². The van der Waals surface area contributed by atoms with Crippen molar-refractivity contribution >= 4 is 17.5 Å². The fraction of sp³-hybridized carbons (Fsp3) is 0.600. The van der Waals surface area contributed by atoms with Crippen LogP contribution in [0.2, 0.25) is 0 Å². The molecule has 0 aliphatic carbocycles. The summed E-state index contributed by atoms with van der Waals surface area (Å²) in [4.78, 5) is 28.9. The average Bonchev–Trinajstić information content (AvgIpc) is 2.61. The average molecular weight is 363 g/mol. The van der Waals surface area contributed by atoms with Crippen molar-refractivity contribution < 1.29 is 9.59 Å². The topological polar surface area (TPSA) is 78.7 Å². The number of hydrogen-bond donors (Lipinski definition) is 2. The molecule has 1 aromatic carbocycles. The van der Waals surface area contributed by atoms with Gasteiger partial charge in [-0.15, -0.1) is 0 Å². The SMILES string of the molecule is CCN(CC)CCN(CC(C)C)C(=O)C(=O)Nc1ccc(C(C)N)cc1. The fourth-order valence-electron chi connectivity index (χ4n) is 2.72. The number of hydrogen-bond acceptors (Lipinski definition) is 4. The van der Waals surface area contributed by atoms with Crippen LogP contribution >= 0.6 is 0 Å². The molecular weight excluding hydrogens is 328 g/mol. The molecule has 26 heavy (non-hydrogen) atoms. The van der Waals surface area contributed by atoms with E-state index in [1.165, 1.54) is 0 Å². The number of benzene rings is 1. The molecule has 0 radical (unpaired) electrons. The molecule has 0 aliphatic rings. The fourth-order valence-corrected chi connectivity index (χ4v) is 2.72. The van der Waals surface area contributed by atoms with Gasteiger partial charge in [-0.05, 0) is 43.6 Å². The zero-order valence-electron chi connectivity index (χ0n) is 16.8. The van der Waals surface area contributed by atoms with Gasteiger partial charge in [0.05, 0.1) is 0 Å². The summed E-state index contributed by atoms with van der Waals surface area (Å²) in [5.41, 5.74) is 7.41. The van der Waals surface area contributed by atoms with Crippen LogP contribution in [0.4, 0.5) is 5.69 Å². The first-order chi connectivity index (χ1) is 12.3. The summed E-state index contributed by atoms with van der Waals surface area (Å²) in [5.74, 6) is -0.783. The zero-order valence-corrected chi connectivity index (χ0v) is 16.8. The first kappa shape index (κ1) is 22.1. The molecule has 0 heterocycles. The Kier molecular flexibility index (Phi) is 9.30. The molecule has 1 aromatic rings. The van der Waals surface area contributed by atoms with Gasteiger partial charge in [-0.1, -0.05) is 39.8 Å². The predicted octanol–water partition coefficient (Wildman–Crippen LogP) is 2.47. The molecule has 3 N–H and O–H groups in total. The van der Waals surface area contributed by atoms with E-state index in [1.807, 2.05) is 32.9 Å². The number of amides is 2. The normalized spacial score (nSPS) is 12.3. The number of nitrogens with two attached hydrogens (primary N) is 1. The van der Waals surface area contributed by atoms with E-state index in [0.717, 1.165) is 25.2 Å². The highest BCUT2D eigenvalue weighted by Crippen LogP contribution is 2.14. The maximum absolute atomic E-state index is 12.6. The van der Waals surface area contributed by atoms with Crippen LogP contribution in [-0.4, -0.2) is 54.3 Å². The summed E-state index contributed by atoms with van der Waals surface area (Å²) < 4.78 is 0. The van der Waals surface area contributed by atoms with E-state index in [1.54, 1.807) is 17.0 Å². The number of nitrogens with zero attached hydrogens (tertiary/aromatic N) is 2. The van der Waals surface area contributed by atoms with E-state index in [9.17, 15) is 9.59 Å². The van der Waals surface area contributed by atoms with Crippen LogP contribution in [0, 0.1) is 5.92 Å². The minimum atomic E-state index is -0.598. The van der Waals surface area contributed by atoms with Crippen LogP contribution in [0.1, 0.15) is 46.2 Å². The molecule has 6 heteroatoms. The summed E-state index contributed by atoms with van der Waals surface area (Å²) in [5, 5.41) is 2.69. The maximum Gasteiger partial charge on any atom is 0.313 e. The number of rotatable bonds is 9. The largest absolute Gasteiger partial charge is 0.333 e. The van der Waals surface area contributed by atoms with Crippen molar-refractivity contribution in [3.63, 3.8) is 0 Å². The molecule has 1 atom stereocenters. The number of carbonyl (C=O) groups is 2. The molecule has 2 amide bonds. The van der Waals surface area contributed by atoms with Crippen LogP contribution in [0.5, 0.6) is 0 Å². The molecule has 0 saturated carbocycles. The highest BCUT2D eigenvalue weighted by molar-refractivity contribution is 6.39. The first-order valence-corrected chi connectivity index (χ1v) is 9.46. The standard InChI is InChI=1S/C20H34N4O2/c1-6-23(7-2)12-13-24(14-15(3)4)20(26)19(25)22-18-10-8-17(9-11-18)16(5)21/h8-11,15-16H,6-7,12-14,21H2,1-5H3,(H,22,25). The monoisotopic (exact) mass is 362 g/mol. The molecule has 0 bridgehead atoms. The minimum Gasteiger partial charge on any atom is -0.333 e. The van der Waals surface area contributed by atoms with Gasteiger partial charge in [0.25, 0.3) is 0 Å². The molecular formula is C20H34N4O2.